The van der Waals surface area contributed by atoms with Crippen molar-refractivity contribution in [3.8, 4) is 11.3 Å². The highest BCUT2D eigenvalue weighted by atomic mass is 35.5. The van der Waals surface area contributed by atoms with Crippen LogP contribution in [0.25, 0.3) is 22.4 Å². The van der Waals surface area contributed by atoms with Crippen molar-refractivity contribution in [2.75, 3.05) is 5.73 Å². The number of nitrogens with two attached hydrogens (primary N) is 1. The predicted octanol–water partition coefficient (Wildman–Crippen LogP) is 3.77. The molecule has 0 saturated carbocycles. The number of aromatic nitrogens is 5. The van der Waals surface area contributed by atoms with Gasteiger partial charge in [-0.05, 0) is 24.6 Å². The minimum Gasteiger partial charge on any atom is -0.384 e. The summed E-state index contributed by atoms with van der Waals surface area (Å²) in [6, 6.07) is 13.1. The number of nitrogens with zero attached hydrogens (tertiary/aromatic N) is 5. The average molecular weight is 432 g/mol. The number of anilines is 1. The number of amides is 1. The van der Waals surface area contributed by atoms with Crippen LogP contribution in [0.1, 0.15) is 28.9 Å². The molecule has 154 valence electrons. The minimum absolute atomic E-state index is 0.304. The first-order valence-corrected chi connectivity index (χ1v) is 10.0. The van der Waals surface area contributed by atoms with Crippen molar-refractivity contribution in [2.24, 2.45) is 0 Å². The number of pyridine rings is 1. The van der Waals surface area contributed by atoms with Gasteiger partial charge in [-0.15, -0.1) is 0 Å². The molecular formula is C22H18ClN7O. The third-order valence-electron chi connectivity index (χ3n) is 5.22. The van der Waals surface area contributed by atoms with Gasteiger partial charge in [-0.1, -0.05) is 41.9 Å². The molecule has 0 aliphatic carbocycles. The molecular weight excluding hydrogens is 414 g/mol. The molecule has 1 aromatic carbocycles. The van der Waals surface area contributed by atoms with E-state index in [1.54, 1.807) is 24.8 Å². The fraction of sp³-hybridized carbons (Fsp3) is 0.0909. The Morgan fingerprint density at radius 2 is 2.00 bits per heavy atom. The molecule has 0 fully saturated rings. The molecule has 5 aromatic rings. The van der Waals surface area contributed by atoms with Gasteiger partial charge in [-0.25, -0.2) is 9.97 Å². The van der Waals surface area contributed by atoms with E-state index in [1.807, 2.05) is 47.7 Å². The Morgan fingerprint density at radius 3 is 2.81 bits per heavy atom. The van der Waals surface area contributed by atoms with Gasteiger partial charge < -0.3 is 11.1 Å². The molecule has 5 rings (SSSR count). The maximum Gasteiger partial charge on any atom is 0.257 e. The Morgan fingerprint density at radius 1 is 1.19 bits per heavy atom. The van der Waals surface area contributed by atoms with Gasteiger partial charge in [0.05, 0.1) is 41.0 Å². The zero-order chi connectivity index (χ0) is 21.5. The molecule has 3 N–H and O–H groups in total. The topological polar surface area (TPSA) is 103 Å². The van der Waals surface area contributed by atoms with Gasteiger partial charge in [0.15, 0.2) is 5.65 Å². The van der Waals surface area contributed by atoms with Crippen LogP contribution in [0.5, 0.6) is 0 Å². The SMILES string of the molecule is CC(NC(=O)c1cnn2c(N)ccnc12)c1cc(Cl)c2cncn2c1-c1ccccc1. The van der Waals surface area contributed by atoms with Crippen molar-refractivity contribution in [2.45, 2.75) is 13.0 Å². The Labute approximate surface area is 182 Å². The summed E-state index contributed by atoms with van der Waals surface area (Å²) in [4.78, 5) is 21.6. The van der Waals surface area contributed by atoms with E-state index < -0.39 is 0 Å². The van der Waals surface area contributed by atoms with Crippen LogP contribution >= 0.6 is 11.6 Å². The van der Waals surface area contributed by atoms with E-state index in [2.05, 4.69) is 20.4 Å². The molecule has 9 heteroatoms. The summed E-state index contributed by atoms with van der Waals surface area (Å²) in [7, 11) is 0. The van der Waals surface area contributed by atoms with Crippen molar-refractivity contribution < 1.29 is 4.79 Å². The van der Waals surface area contributed by atoms with Crippen LogP contribution < -0.4 is 11.1 Å². The second kappa shape index (κ2) is 7.41. The highest BCUT2D eigenvalue weighted by Gasteiger charge is 2.22. The largest absolute Gasteiger partial charge is 0.384 e. The molecule has 0 saturated heterocycles. The molecule has 8 nitrogen and oxygen atoms in total. The van der Waals surface area contributed by atoms with Gasteiger partial charge >= 0.3 is 0 Å². The van der Waals surface area contributed by atoms with E-state index >= 15 is 0 Å². The number of fused-ring (bicyclic) bond motifs is 2. The van der Waals surface area contributed by atoms with Crippen LogP contribution in [0, 0.1) is 0 Å². The van der Waals surface area contributed by atoms with Crippen LogP contribution in [-0.4, -0.2) is 29.9 Å². The smallest absolute Gasteiger partial charge is 0.257 e. The summed E-state index contributed by atoms with van der Waals surface area (Å²) in [5.41, 5.74) is 10.2. The van der Waals surface area contributed by atoms with Crippen molar-refractivity contribution in [3.05, 3.63) is 83.5 Å². The first-order chi connectivity index (χ1) is 15.0. The first-order valence-electron chi connectivity index (χ1n) is 9.63. The fourth-order valence-corrected chi connectivity index (χ4v) is 3.98. The molecule has 4 heterocycles. The van der Waals surface area contributed by atoms with Gasteiger partial charge in [-0.2, -0.15) is 9.61 Å². The van der Waals surface area contributed by atoms with Crippen molar-refractivity contribution in [3.63, 3.8) is 0 Å². The number of rotatable bonds is 4. The number of nitrogen functional groups attached to an aromatic ring is 1. The Hall–Kier alpha value is -3.91. The number of imidazole rings is 1. The molecule has 31 heavy (non-hydrogen) atoms. The Kier molecular flexibility index (Phi) is 4.56. The fourth-order valence-electron chi connectivity index (χ4n) is 3.72. The Balaban J connectivity index is 1.57. The second-order valence-electron chi connectivity index (χ2n) is 7.17. The van der Waals surface area contributed by atoms with E-state index in [-0.39, 0.29) is 11.9 Å². The van der Waals surface area contributed by atoms with E-state index in [0.29, 0.717) is 22.1 Å². The summed E-state index contributed by atoms with van der Waals surface area (Å²) in [6.45, 7) is 1.91. The number of nitrogens with one attached hydrogen (secondary N) is 1. The summed E-state index contributed by atoms with van der Waals surface area (Å²) in [5.74, 6) is 0.0993. The van der Waals surface area contributed by atoms with Crippen LogP contribution in [0.4, 0.5) is 5.82 Å². The van der Waals surface area contributed by atoms with Crippen LogP contribution in [0.15, 0.2) is 67.4 Å². The van der Waals surface area contributed by atoms with Gasteiger partial charge in [0, 0.05) is 11.8 Å². The molecule has 4 aromatic heterocycles. The second-order valence-corrected chi connectivity index (χ2v) is 7.58. The molecule has 0 spiro atoms. The zero-order valence-electron chi connectivity index (χ0n) is 16.5. The maximum atomic E-state index is 13.1. The standard InChI is InChI=1S/C22H18ClN7O/c1-13(28-22(31)16-10-27-30-19(24)7-8-26-21(16)30)15-9-17(23)18-11-25-12-29(18)20(15)14-5-3-2-4-6-14/h2-13H,24H2,1H3,(H,28,31). The highest BCUT2D eigenvalue weighted by molar-refractivity contribution is 6.34. The zero-order valence-corrected chi connectivity index (χ0v) is 17.3. The van der Waals surface area contributed by atoms with Gasteiger partial charge in [0.25, 0.3) is 5.91 Å². The first kappa shape index (κ1) is 19.1. The lowest BCUT2D eigenvalue weighted by Crippen LogP contribution is -2.27. The van der Waals surface area contributed by atoms with Gasteiger partial charge in [-0.3, -0.25) is 9.20 Å². The lowest BCUT2D eigenvalue weighted by atomic mass is 10.00. The summed E-state index contributed by atoms with van der Waals surface area (Å²) < 4.78 is 3.37. The van der Waals surface area contributed by atoms with Crippen LogP contribution in [0.3, 0.4) is 0 Å². The van der Waals surface area contributed by atoms with Gasteiger partial charge in [0.1, 0.15) is 11.4 Å². The minimum atomic E-state index is -0.358. The average Bonchev–Trinajstić information content (AvgIpc) is 3.42. The van der Waals surface area contributed by atoms with Crippen molar-refractivity contribution >= 4 is 34.5 Å². The summed E-state index contributed by atoms with van der Waals surface area (Å²) in [5, 5.41) is 7.76. The molecule has 1 unspecified atom stereocenters. The number of benzene rings is 1. The third kappa shape index (κ3) is 3.17. The lowest BCUT2D eigenvalue weighted by molar-refractivity contribution is 0.0941. The quantitative estimate of drug-likeness (QED) is 0.451. The molecule has 0 radical (unpaired) electrons. The van der Waals surface area contributed by atoms with Crippen molar-refractivity contribution in [1.29, 1.82) is 0 Å². The maximum absolute atomic E-state index is 13.1. The molecule has 1 amide bonds. The Bertz CT molecular complexity index is 1420. The number of halogens is 1. The summed E-state index contributed by atoms with van der Waals surface area (Å²) in [6.07, 6.45) is 6.45. The number of hydrogen-bond donors (Lipinski definition) is 2. The van der Waals surface area contributed by atoms with E-state index in [9.17, 15) is 4.79 Å². The van der Waals surface area contributed by atoms with Gasteiger partial charge in [0.2, 0.25) is 0 Å². The number of carbonyl (C=O) groups excluding carboxylic acids is 1. The predicted molar refractivity (Wildman–Crippen MR) is 119 cm³/mol. The third-order valence-corrected chi connectivity index (χ3v) is 5.52. The normalized spacial score (nSPS) is 12.3. The van der Waals surface area contributed by atoms with E-state index in [1.165, 1.54) is 10.7 Å². The van der Waals surface area contributed by atoms with Crippen LogP contribution in [0.2, 0.25) is 5.02 Å². The van der Waals surface area contributed by atoms with E-state index in [0.717, 1.165) is 22.3 Å². The number of hydrogen-bond acceptors (Lipinski definition) is 5. The van der Waals surface area contributed by atoms with Crippen LogP contribution in [-0.2, 0) is 0 Å². The molecule has 0 aliphatic rings. The molecule has 1 atom stereocenters. The molecule has 0 bridgehead atoms. The monoisotopic (exact) mass is 431 g/mol. The van der Waals surface area contributed by atoms with E-state index in [4.69, 9.17) is 17.3 Å². The lowest BCUT2D eigenvalue weighted by Gasteiger charge is -2.20. The highest BCUT2D eigenvalue weighted by Crippen LogP contribution is 2.33. The summed E-state index contributed by atoms with van der Waals surface area (Å²) >= 11 is 6.53. The molecule has 0 aliphatic heterocycles. The van der Waals surface area contributed by atoms with Crippen molar-refractivity contribution in [1.82, 2.24) is 29.3 Å². The number of carbonyl (C=O) groups is 1.